The molecule has 0 saturated carbocycles. The maximum Gasteiger partial charge on any atom is 0.235 e. The van der Waals surface area contributed by atoms with Crippen molar-refractivity contribution in [2.75, 3.05) is 0 Å². The van der Waals surface area contributed by atoms with Gasteiger partial charge in [0.1, 0.15) is 17.3 Å². The molecule has 0 radical (unpaired) electrons. The third-order valence-electron chi connectivity index (χ3n) is 4.06. The highest BCUT2D eigenvalue weighted by molar-refractivity contribution is 5.84. The van der Waals surface area contributed by atoms with E-state index in [0.29, 0.717) is 24.3 Å². The topological polar surface area (TPSA) is 70.9 Å². The molecule has 5 nitrogen and oxygen atoms in total. The maximum absolute atomic E-state index is 14.1. The molecule has 0 saturated heterocycles. The number of halogens is 2. The molecule has 0 aliphatic rings. The van der Waals surface area contributed by atoms with Gasteiger partial charge in [0.15, 0.2) is 5.75 Å². The lowest BCUT2D eigenvalue weighted by atomic mass is 10.0. The number of aromatic amines is 1. The fourth-order valence-corrected chi connectivity index (χ4v) is 2.96. The molecule has 0 aliphatic carbocycles. The highest BCUT2D eigenvalue weighted by atomic mass is 19.1. The van der Waals surface area contributed by atoms with Crippen LogP contribution in [-0.2, 0) is 13.0 Å². The van der Waals surface area contributed by atoms with Crippen molar-refractivity contribution in [3.05, 3.63) is 45.8 Å². The van der Waals surface area contributed by atoms with Crippen LogP contribution in [0.25, 0.3) is 22.3 Å². The van der Waals surface area contributed by atoms with Crippen LogP contribution in [0.5, 0.6) is 5.75 Å². The Morgan fingerprint density at radius 3 is 2.48 bits per heavy atom. The molecular formula is C18H19F2N3O2. The van der Waals surface area contributed by atoms with Crippen molar-refractivity contribution < 1.29 is 13.9 Å². The zero-order valence-electron chi connectivity index (χ0n) is 14.2. The van der Waals surface area contributed by atoms with Crippen molar-refractivity contribution >= 4 is 11.0 Å². The van der Waals surface area contributed by atoms with Crippen LogP contribution >= 0.6 is 0 Å². The molecule has 0 fully saturated rings. The Hall–Kier alpha value is -2.70. The van der Waals surface area contributed by atoms with Gasteiger partial charge in [0.2, 0.25) is 5.43 Å². The molecule has 0 atom stereocenters. The number of aromatic hydroxyl groups is 1. The molecular weight excluding hydrogens is 328 g/mol. The molecule has 0 amide bonds. The largest absolute Gasteiger partial charge is 0.503 e. The van der Waals surface area contributed by atoms with Crippen LogP contribution in [0.3, 0.4) is 0 Å². The van der Waals surface area contributed by atoms with Gasteiger partial charge in [0.25, 0.3) is 0 Å². The number of nitrogens with one attached hydrogen (secondary N) is 1. The number of aromatic nitrogens is 3. The van der Waals surface area contributed by atoms with E-state index in [1.54, 1.807) is 4.68 Å². The quantitative estimate of drug-likeness (QED) is 0.758. The predicted octanol–water partition coefficient (Wildman–Crippen LogP) is 3.59. The second kappa shape index (κ2) is 6.31. The minimum Gasteiger partial charge on any atom is -0.503 e. The summed E-state index contributed by atoms with van der Waals surface area (Å²) in [4.78, 5) is 15.5. The Morgan fingerprint density at radius 1 is 1.28 bits per heavy atom. The van der Waals surface area contributed by atoms with E-state index in [4.69, 9.17) is 0 Å². The Morgan fingerprint density at radius 2 is 1.92 bits per heavy atom. The minimum absolute atomic E-state index is 0.258. The molecule has 0 aliphatic heterocycles. The molecule has 2 aromatic heterocycles. The molecule has 7 heteroatoms. The smallest absolute Gasteiger partial charge is 0.235 e. The first-order chi connectivity index (χ1) is 11.8. The number of hydrogen-bond donors (Lipinski definition) is 2. The second-order valence-corrected chi connectivity index (χ2v) is 6.36. The zero-order chi connectivity index (χ0) is 18.3. The van der Waals surface area contributed by atoms with Gasteiger partial charge >= 0.3 is 0 Å². The number of H-pyrrole nitrogens is 1. The number of fused-ring (bicyclic) bond motifs is 1. The third-order valence-corrected chi connectivity index (χ3v) is 4.06. The van der Waals surface area contributed by atoms with E-state index < -0.39 is 28.4 Å². The van der Waals surface area contributed by atoms with E-state index in [-0.39, 0.29) is 17.0 Å². The zero-order valence-corrected chi connectivity index (χ0v) is 14.2. The van der Waals surface area contributed by atoms with Crippen molar-refractivity contribution in [2.45, 2.75) is 33.7 Å². The van der Waals surface area contributed by atoms with Gasteiger partial charge in [0, 0.05) is 6.54 Å². The highest BCUT2D eigenvalue weighted by Gasteiger charge is 2.23. The number of aryl methyl sites for hydroxylation is 1. The first-order valence-corrected chi connectivity index (χ1v) is 8.14. The van der Waals surface area contributed by atoms with Gasteiger partial charge in [0.05, 0.1) is 22.3 Å². The molecule has 3 rings (SSSR count). The van der Waals surface area contributed by atoms with Crippen molar-refractivity contribution in [2.24, 2.45) is 5.92 Å². The Bertz CT molecular complexity index is 985. The number of hydrogen-bond acceptors (Lipinski definition) is 3. The summed E-state index contributed by atoms with van der Waals surface area (Å²) in [6.07, 6.45) is 0.555. The Labute approximate surface area is 142 Å². The van der Waals surface area contributed by atoms with Gasteiger partial charge in [-0.25, -0.2) is 13.5 Å². The Kier molecular flexibility index (Phi) is 4.32. The van der Waals surface area contributed by atoms with Crippen LogP contribution in [0.1, 0.15) is 26.5 Å². The van der Waals surface area contributed by atoms with Crippen LogP contribution in [0.4, 0.5) is 8.78 Å². The number of benzene rings is 1. The summed E-state index contributed by atoms with van der Waals surface area (Å²) in [5.74, 6) is -2.18. The summed E-state index contributed by atoms with van der Waals surface area (Å²) in [5.41, 5.74) is -0.517. The molecule has 1 aromatic carbocycles. The van der Waals surface area contributed by atoms with Crippen molar-refractivity contribution in [3.63, 3.8) is 0 Å². The summed E-state index contributed by atoms with van der Waals surface area (Å²) in [7, 11) is 0. The van der Waals surface area contributed by atoms with E-state index in [1.807, 2.05) is 20.8 Å². The molecule has 2 heterocycles. The van der Waals surface area contributed by atoms with Crippen molar-refractivity contribution in [3.8, 4) is 17.0 Å². The first-order valence-electron chi connectivity index (χ1n) is 8.14. The Balaban J connectivity index is 2.38. The van der Waals surface area contributed by atoms with Gasteiger partial charge in [-0.1, -0.05) is 19.9 Å². The average molecular weight is 347 g/mol. The molecule has 25 heavy (non-hydrogen) atoms. The van der Waals surface area contributed by atoms with Crippen LogP contribution in [-0.4, -0.2) is 19.9 Å². The number of pyridine rings is 1. The minimum atomic E-state index is -0.865. The summed E-state index contributed by atoms with van der Waals surface area (Å²) in [6, 6.07) is 3.36. The normalized spacial score (nSPS) is 11.6. The number of nitrogens with zero attached hydrogens (tertiary/aromatic N) is 2. The maximum atomic E-state index is 14.1. The summed E-state index contributed by atoms with van der Waals surface area (Å²) < 4.78 is 29.8. The molecule has 0 bridgehead atoms. The van der Waals surface area contributed by atoms with Crippen LogP contribution < -0.4 is 5.43 Å². The van der Waals surface area contributed by atoms with E-state index >= 15 is 0 Å². The SMILES string of the molecule is CCn1nc(CC(C)C)c2c(=O)c(O)c(-c3c(F)cccc3F)[nH]c21. The van der Waals surface area contributed by atoms with Crippen LogP contribution in [0, 0.1) is 17.6 Å². The van der Waals surface area contributed by atoms with E-state index in [1.165, 1.54) is 6.07 Å². The average Bonchev–Trinajstić information content (AvgIpc) is 2.88. The molecule has 0 spiro atoms. The fourth-order valence-electron chi connectivity index (χ4n) is 2.96. The van der Waals surface area contributed by atoms with Gasteiger partial charge < -0.3 is 10.1 Å². The summed E-state index contributed by atoms with van der Waals surface area (Å²) in [6.45, 7) is 6.30. The molecule has 3 aromatic rings. The fraction of sp³-hybridized carbons (Fsp3) is 0.333. The molecule has 0 unspecified atom stereocenters. The van der Waals surface area contributed by atoms with Gasteiger partial charge in [-0.05, 0) is 31.4 Å². The third kappa shape index (κ3) is 2.79. The summed E-state index contributed by atoms with van der Waals surface area (Å²) >= 11 is 0. The van der Waals surface area contributed by atoms with E-state index in [0.717, 1.165) is 12.1 Å². The lowest BCUT2D eigenvalue weighted by molar-refractivity contribution is 0.469. The number of rotatable bonds is 4. The lowest BCUT2D eigenvalue weighted by Crippen LogP contribution is -2.09. The monoisotopic (exact) mass is 347 g/mol. The molecule has 132 valence electrons. The van der Waals surface area contributed by atoms with Gasteiger partial charge in [-0.2, -0.15) is 5.10 Å². The van der Waals surface area contributed by atoms with Crippen molar-refractivity contribution in [1.29, 1.82) is 0 Å². The van der Waals surface area contributed by atoms with Crippen LogP contribution in [0.2, 0.25) is 0 Å². The second-order valence-electron chi connectivity index (χ2n) is 6.36. The highest BCUT2D eigenvalue weighted by Crippen LogP contribution is 2.32. The van der Waals surface area contributed by atoms with Crippen LogP contribution in [0.15, 0.2) is 23.0 Å². The summed E-state index contributed by atoms with van der Waals surface area (Å²) in [5, 5.41) is 15.0. The molecule has 2 N–H and O–H groups in total. The predicted molar refractivity (Wildman–Crippen MR) is 91.6 cm³/mol. The van der Waals surface area contributed by atoms with Crippen molar-refractivity contribution in [1.82, 2.24) is 14.8 Å². The van der Waals surface area contributed by atoms with E-state index in [9.17, 15) is 18.7 Å². The van der Waals surface area contributed by atoms with Gasteiger partial charge in [-0.3, -0.25) is 4.79 Å². The lowest BCUT2D eigenvalue weighted by Gasteiger charge is -2.09. The van der Waals surface area contributed by atoms with E-state index in [2.05, 4.69) is 10.1 Å². The van der Waals surface area contributed by atoms with Gasteiger partial charge in [-0.15, -0.1) is 0 Å². The first kappa shape index (κ1) is 17.1. The standard InChI is InChI=1S/C18H19F2N3O2/c1-4-23-18-14(12(22-23)8-9(2)3)16(24)17(25)15(21-18)13-10(19)6-5-7-11(13)20/h5-7,9,25H,4,8H2,1-3H3,(H,21,24).